The predicted molar refractivity (Wildman–Crippen MR) is 58.7 cm³/mol. The molecule has 0 aliphatic rings. The van der Waals surface area contributed by atoms with Gasteiger partial charge in [0.05, 0.1) is 16.1 Å². The van der Waals surface area contributed by atoms with Crippen molar-refractivity contribution in [3.05, 3.63) is 39.4 Å². The Labute approximate surface area is 105 Å². The molecular weight excluding hydrogens is 359 g/mol. The van der Waals surface area contributed by atoms with E-state index >= 15 is 0 Å². The van der Waals surface area contributed by atoms with Gasteiger partial charge in [-0.2, -0.15) is 13.2 Å². The molecule has 0 bridgehead atoms. The number of rotatable bonds is 2. The predicted octanol–water partition coefficient (Wildman–Crippen LogP) is 4.40. The number of hydrogen-bond acceptors (Lipinski definition) is 2. The van der Waals surface area contributed by atoms with Gasteiger partial charge in [0.1, 0.15) is 3.74 Å². The first kappa shape index (κ1) is 13.4. The lowest BCUT2D eigenvalue weighted by Gasteiger charge is -2.13. The summed E-state index contributed by atoms with van der Waals surface area (Å²) in [5.41, 5.74) is -2.03. The zero-order valence-electron chi connectivity index (χ0n) is 7.46. The average molecular weight is 363 g/mol. The van der Waals surface area contributed by atoms with Crippen LogP contribution in [-0.2, 0) is 6.18 Å². The summed E-state index contributed by atoms with van der Waals surface area (Å²) in [6.45, 7) is 0. The highest BCUT2D eigenvalue weighted by Gasteiger charge is 2.38. The fourth-order valence-electron chi connectivity index (χ4n) is 1.19. The molecule has 8 heteroatoms. The Balaban J connectivity index is 3.51. The molecule has 0 unspecified atom stereocenters. The summed E-state index contributed by atoms with van der Waals surface area (Å²) < 4.78 is 36.8. The zero-order chi connectivity index (χ0) is 12.5. The van der Waals surface area contributed by atoms with Crippen molar-refractivity contribution < 1.29 is 18.1 Å². The molecule has 1 rings (SSSR count). The van der Waals surface area contributed by atoms with Gasteiger partial charge in [0.2, 0.25) is 0 Å². The molecular formula is C8H4Br2F3NO2. The Morgan fingerprint density at radius 1 is 1.31 bits per heavy atom. The minimum Gasteiger partial charge on any atom is -0.258 e. The van der Waals surface area contributed by atoms with Crippen LogP contribution in [0, 0.1) is 10.1 Å². The monoisotopic (exact) mass is 361 g/mol. The molecule has 0 atom stereocenters. The van der Waals surface area contributed by atoms with Crippen molar-refractivity contribution in [3.63, 3.8) is 0 Å². The van der Waals surface area contributed by atoms with E-state index in [9.17, 15) is 23.3 Å². The quantitative estimate of drug-likeness (QED) is 0.444. The molecule has 1 aromatic rings. The fraction of sp³-hybridized carbons (Fsp3) is 0.250. The average Bonchev–Trinajstić information content (AvgIpc) is 2.14. The van der Waals surface area contributed by atoms with Crippen LogP contribution in [0.1, 0.15) is 14.9 Å². The van der Waals surface area contributed by atoms with Gasteiger partial charge < -0.3 is 0 Å². The Bertz CT molecular complexity index is 420. The van der Waals surface area contributed by atoms with Crippen LogP contribution in [0.15, 0.2) is 18.2 Å². The summed E-state index contributed by atoms with van der Waals surface area (Å²) in [7, 11) is 0. The maximum atomic E-state index is 12.6. The number of benzene rings is 1. The fourth-order valence-corrected chi connectivity index (χ4v) is 2.15. The molecule has 0 N–H and O–H groups in total. The molecule has 0 aliphatic carbocycles. The molecule has 0 heterocycles. The minimum absolute atomic E-state index is 0.431. The van der Waals surface area contributed by atoms with Gasteiger partial charge in [-0.1, -0.05) is 37.9 Å². The summed E-state index contributed by atoms with van der Waals surface area (Å²) in [5, 5.41) is 10.6. The van der Waals surface area contributed by atoms with Crippen LogP contribution in [0.2, 0.25) is 0 Å². The molecule has 0 aliphatic heterocycles. The number of nitro benzene ring substituents is 1. The molecule has 3 nitrogen and oxygen atoms in total. The van der Waals surface area contributed by atoms with Gasteiger partial charge in [-0.05, 0) is 6.07 Å². The molecule has 1 aromatic carbocycles. The lowest BCUT2D eigenvalue weighted by Crippen LogP contribution is -2.10. The summed E-state index contributed by atoms with van der Waals surface area (Å²) >= 11 is 5.71. The molecule has 0 saturated heterocycles. The maximum absolute atomic E-state index is 12.6. The van der Waals surface area contributed by atoms with Gasteiger partial charge in [-0.25, -0.2) is 0 Å². The summed E-state index contributed by atoms with van der Waals surface area (Å²) in [6.07, 6.45) is -4.62. The van der Waals surface area contributed by atoms with Gasteiger partial charge >= 0.3 is 6.18 Å². The third-order valence-corrected chi connectivity index (χ3v) is 2.72. The lowest BCUT2D eigenvalue weighted by atomic mass is 10.1. The van der Waals surface area contributed by atoms with Crippen molar-refractivity contribution in [2.24, 2.45) is 0 Å². The molecule has 88 valence electrons. The normalized spacial score (nSPS) is 11.9. The molecule has 0 radical (unpaired) electrons. The van der Waals surface area contributed by atoms with Crippen LogP contribution >= 0.6 is 31.9 Å². The standard InChI is InChI=1S/C8H4Br2F3NO2/c9-7(10)6-4(8(11,12)13)2-1-3-5(6)14(15)16/h1-3,7H. The Morgan fingerprint density at radius 2 is 1.88 bits per heavy atom. The number of hydrogen-bond donors (Lipinski definition) is 0. The van der Waals surface area contributed by atoms with Gasteiger partial charge in [0.25, 0.3) is 5.69 Å². The molecule has 0 spiro atoms. The van der Waals surface area contributed by atoms with Gasteiger partial charge in [0, 0.05) is 6.07 Å². The van der Waals surface area contributed by atoms with Crippen LogP contribution in [0.5, 0.6) is 0 Å². The molecule has 0 saturated carbocycles. The molecule has 0 aromatic heterocycles. The summed E-state index contributed by atoms with van der Waals surface area (Å²) in [5.74, 6) is 0. The Kier molecular flexibility index (Phi) is 3.95. The van der Waals surface area contributed by atoms with Gasteiger partial charge in [0.15, 0.2) is 0 Å². The third kappa shape index (κ3) is 2.73. The van der Waals surface area contributed by atoms with Gasteiger partial charge in [-0.15, -0.1) is 0 Å². The Hall–Kier alpha value is -0.630. The van der Waals surface area contributed by atoms with Crippen molar-refractivity contribution in [3.8, 4) is 0 Å². The van der Waals surface area contributed by atoms with E-state index in [1.54, 1.807) is 0 Å². The van der Waals surface area contributed by atoms with E-state index in [1.165, 1.54) is 0 Å². The second-order valence-corrected chi connectivity index (χ2v) is 5.85. The van der Waals surface area contributed by atoms with Crippen molar-refractivity contribution in [1.29, 1.82) is 0 Å². The summed E-state index contributed by atoms with van der Waals surface area (Å²) in [4.78, 5) is 9.75. The van der Waals surface area contributed by atoms with Crippen molar-refractivity contribution >= 4 is 37.5 Å². The van der Waals surface area contributed by atoms with E-state index in [0.717, 1.165) is 18.2 Å². The van der Waals surface area contributed by atoms with E-state index in [4.69, 9.17) is 0 Å². The smallest absolute Gasteiger partial charge is 0.258 e. The number of alkyl halides is 5. The number of nitrogens with zero attached hydrogens (tertiary/aromatic N) is 1. The second kappa shape index (κ2) is 4.70. The zero-order valence-corrected chi connectivity index (χ0v) is 10.6. The van der Waals surface area contributed by atoms with E-state index in [2.05, 4.69) is 31.9 Å². The first-order chi connectivity index (χ1) is 7.25. The second-order valence-electron chi connectivity index (χ2n) is 2.79. The van der Waals surface area contributed by atoms with Crippen LogP contribution in [0.4, 0.5) is 18.9 Å². The van der Waals surface area contributed by atoms with Crippen molar-refractivity contribution in [2.45, 2.75) is 9.91 Å². The number of nitro groups is 1. The first-order valence-corrected chi connectivity index (χ1v) is 5.71. The molecule has 0 fully saturated rings. The van der Waals surface area contributed by atoms with Crippen molar-refractivity contribution in [1.82, 2.24) is 0 Å². The first-order valence-electron chi connectivity index (χ1n) is 3.87. The van der Waals surface area contributed by atoms with Crippen LogP contribution in [-0.4, -0.2) is 4.92 Å². The van der Waals surface area contributed by atoms with Gasteiger partial charge in [-0.3, -0.25) is 10.1 Å². The molecule has 0 amide bonds. The highest BCUT2D eigenvalue weighted by molar-refractivity contribution is 9.24. The SMILES string of the molecule is O=[N+]([O-])c1cccc(C(F)(F)F)c1C(Br)Br. The third-order valence-electron chi connectivity index (χ3n) is 1.80. The Morgan fingerprint density at radius 3 is 2.25 bits per heavy atom. The van der Waals surface area contributed by atoms with Crippen LogP contribution < -0.4 is 0 Å². The molecule has 16 heavy (non-hydrogen) atoms. The van der Waals surface area contributed by atoms with Crippen LogP contribution in [0.25, 0.3) is 0 Å². The van der Waals surface area contributed by atoms with E-state index < -0.39 is 31.7 Å². The lowest BCUT2D eigenvalue weighted by molar-refractivity contribution is -0.385. The largest absolute Gasteiger partial charge is 0.416 e. The highest BCUT2D eigenvalue weighted by atomic mass is 79.9. The van der Waals surface area contributed by atoms with Crippen molar-refractivity contribution in [2.75, 3.05) is 0 Å². The van der Waals surface area contributed by atoms with Crippen LogP contribution in [0.3, 0.4) is 0 Å². The maximum Gasteiger partial charge on any atom is 0.416 e. The summed E-state index contributed by atoms with van der Waals surface area (Å²) in [6, 6.07) is 2.84. The van der Waals surface area contributed by atoms with E-state index in [-0.39, 0.29) is 0 Å². The minimum atomic E-state index is -4.62. The topological polar surface area (TPSA) is 43.1 Å². The van der Waals surface area contributed by atoms with E-state index in [0.29, 0.717) is 0 Å². The highest BCUT2D eigenvalue weighted by Crippen LogP contribution is 2.44. The number of halogens is 5. The van der Waals surface area contributed by atoms with E-state index in [1.807, 2.05) is 0 Å².